The van der Waals surface area contributed by atoms with Crippen molar-refractivity contribution >= 4 is 20.6 Å². The Kier molecular flexibility index (Phi) is 4.41. The van der Waals surface area contributed by atoms with E-state index < -0.39 is 26.5 Å². The van der Waals surface area contributed by atoms with Crippen molar-refractivity contribution in [3.8, 4) is 17.5 Å². The summed E-state index contributed by atoms with van der Waals surface area (Å²) in [6, 6.07) is 19.9. The van der Waals surface area contributed by atoms with E-state index in [0.29, 0.717) is 11.1 Å². The monoisotopic (exact) mass is 392 g/mol. The summed E-state index contributed by atoms with van der Waals surface area (Å²) >= 11 is 0. The molecule has 0 atom stereocenters. The van der Waals surface area contributed by atoms with Crippen molar-refractivity contribution < 1.29 is 17.2 Å². The minimum absolute atomic E-state index is 0.0611. The van der Waals surface area contributed by atoms with Gasteiger partial charge in [0, 0.05) is 5.56 Å². The Balaban J connectivity index is 1.80. The number of oxazole rings is 1. The number of hydrogen-bond acceptors (Lipinski definition) is 5. The topological polar surface area (TPSA) is 84.0 Å². The summed E-state index contributed by atoms with van der Waals surface area (Å²) in [6.45, 7) is 0. The maximum atomic E-state index is 13.1. The van der Waals surface area contributed by atoms with Gasteiger partial charge in [-0.1, -0.05) is 48.5 Å². The van der Waals surface area contributed by atoms with Crippen LogP contribution >= 0.6 is 0 Å². The van der Waals surface area contributed by atoms with Crippen LogP contribution in [0.15, 0.2) is 76.2 Å². The number of hydrogen-bond donors (Lipinski definition) is 0. The molecule has 4 rings (SSSR count). The van der Waals surface area contributed by atoms with Gasteiger partial charge in [0.2, 0.25) is 15.7 Å². The second kappa shape index (κ2) is 6.91. The Labute approximate surface area is 160 Å². The lowest BCUT2D eigenvalue weighted by molar-refractivity contribution is 0.457. The number of fused-ring (bicyclic) bond motifs is 1. The van der Waals surface area contributed by atoms with Gasteiger partial charge in [-0.05, 0) is 34.5 Å². The van der Waals surface area contributed by atoms with Crippen LogP contribution in [0.1, 0.15) is 11.3 Å². The summed E-state index contributed by atoms with van der Waals surface area (Å²) in [7, 11) is -3.98. The van der Waals surface area contributed by atoms with Gasteiger partial charge in [0.05, 0.1) is 5.75 Å². The highest BCUT2D eigenvalue weighted by Gasteiger charge is 2.27. The fraction of sp³-hybridized carbons (Fsp3) is 0.0476. The van der Waals surface area contributed by atoms with Gasteiger partial charge in [0.1, 0.15) is 11.9 Å². The molecule has 7 heteroatoms. The van der Waals surface area contributed by atoms with Crippen LogP contribution in [0, 0.1) is 17.1 Å². The second-order valence-corrected chi connectivity index (χ2v) is 8.07. The lowest BCUT2D eigenvalue weighted by Crippen LogP contribution is -2.05. The van der Waals surface area contributed by atoms with Gasteiger partial charge in [0.15, 0.2) is 5.69 Å². The quantitative estimate of drug-likeness (QED) is 0.511. The first-order valence-corrected chi connectivity index (χ1v) is 9.99. The van der Waals surface area contributed by atoms with Gasteiger partial charge in [-0.2, -0.15) is 10.2 Å². The van der Waals surface area contributed by atoms with Gasteiger partial charge in [0.25, 0.3) is 5.09 Å². The lowest BCUT2D eigenvalue weighted by atomic mass is 10.0. The molecular formula is C21H13FN2O3S. The third-order valence-electron chi connectivity index (χ3n) is 4.27. The SMILES string of the molecule is N#Cc1nc(-c2cccc3ccccc23)oc1S(=O)(=O)Cc1ccc(F)cc1. The van der Waals surface area contributed by atoms with Crippen molar-refractivity contribution in [2.45, 2.75) is 10.8 Å². The molecule has 0 unspecified atom stereocenters. The molecule has 0 saturated heterocycles. The van der Waals surface area contributed by atoms with E-state index in [1.54, 1.807) is 18.2 Å². The summed E-state index contributed by atoms with van der Waals surface area (Å²) in [6.07, 6.45) is 0. The summed E-state index contributed by atoms with van der Waals surface area (Å²) < 4.78 is 44.2. The molecule has 0 bridgehead atoms. The van der Waals surface area contributed by atoms with Crippen LogP contribution in [-0.2, 0) is 15.6 Å². The minimum atomic E-state index is -3.98. The zero-order valence-electron chi connectivity index (χ0n) is 14.5. The molecule has 0 radical (unpaired) electrons. The van der Waals surface area contributed by atoms with Gasteiger partial charge < -0.3 is 4.42 Å². The van der Waals surface area contributed by atoms with E-state index in [1.807, 2.05) is 30.3 Å². The van der Waals surface area contributed by atoms with Gasteiger partial charge in [-0.15, -0.1) is 0 Å². The van der Waals surface area contributed by atoms with Crippen molar-refractivity contribution in [2.75, 3.05) is 0 Å². The molecule has 1 heterocycles. The van der Waals surface area contributed by atoms with Gasteiger partial charge in [-0.3, -0.25) is 0 Å². The summed E-state index contributed by atoms with van der Waals surface area (Å²) in [5.41, 5.74) is 0.677. The van der Waals surface area contributed by atoms with Crippen molar-refractivity contribution in [3.63, 3.8) is 0 Å². The van der Waals surface area contributed by atoms with Crippen molar-refractivity contribution in [1.82, 2.24) is 4.98 Å². The van der Waals surface area contributed by atoms with Crippen LogP contribution in [0.3, 0.4) is 0 Å². The number of aromatic nitrogens is 1. The molecule has 0 N–H and O–H groups in total. The number of benzene rings is 3. The second-order valence-electron chi connectivity index (χ2n) is 6.18. The van der Waals surface area contributed by atoms with E-state index in [0.717, 1.165) is 10.8 Å². The van der Waals surface area contributed by atoms with Gasteiger partial charge in [-0.25, -0.2) is 12.8 Å². The fourth-order valence-electron chi connectivity index (χ4n) is 2.98. The Morgan fingerprint density at radius 3 is 2.46 bits per heavy atom. The maximum absolute atomic E-state index is 13.1. The van der Waals surface area contributed by atoms with Crippen LogP contribution in [-0.4, -0.2) is 13.4 Å². The van der Waals surface area contributed by atoms with E-state index in [1.165, 1.54) is 24.3 Å². The minimum Gasteiger partial charge on any atom is -0.423 e. The molecular weight excluding hydrogens is 379 g/mol. The van der Waals surface area contributed by atoms with Crippen LogP contribution < -0.4 is 0 Å². The Morgan fingerprint density at radius 1 is 1.00 bits per heavy atom. The molecule has 0 aliphatic heterocycles. The lowest BCUT2D eigenvalue weighted by Gasteiger charge is -2.03. The Bertz CT molecular complexity index is 1310. The number of rotatable bonds is 4. The van der Waals surface area contributed by atoms with E-state index in [4.69, 9.17) is 4.42 Å². The van der Waals surface area contributed by atoms with Crippen molar-refractivity contribution in [1.29, 1.82) is 5.26 Å². The number of nitriles is 1. The number of sulfone groups is 1. The Hall–Kier alpha value is -3.50. The maximum Gasteiger partial charge on any atom is 0.257 e. The smallest absolute Gasteiger partial charge is 0.257 e. The van der Waals surface area contributed by atoms with E-state index in [2.05, 4.69) is 4.98 Å². The fourth-order valence-corrected chi connectivity index (χ4v) is 4.33. The number of nitrogens with zero attached hydrogens (tertiary/aromatic N) is 2. The highest BCUT2D eigenvalue weighted by atomic mass is 32.2. The predicted molar refractivity (Wildman–Crippen MR) is 101 cm³/mol. The molecule has 1 aromatic heterocycles. The highest BCUT2D eigenvalue weighted by molar-refractivity contribution is 7.90. The summed E-state index contributed by atoms with van der Waals surface area (Å²) in [5.74, 6) is -0.825. The molecule has 0 aliphatic carbocycles. The molecule has 0 saturated carbocycles. The summed E-state index contributed by atoms with van der Waals surface area (Å²) in [5, 5.41) is 10.7. The Morgan fingerprint density at radius 2 is 1.71 bits per heavy atom. The molecule has 3 aromatic carbocycles. The van der Waals surface area contributed by atoms with Gasteiger partial charge >= 0.3 is 0 Å². The van der Waals surface area contributed by atoms with Crippen LogP contribution in [0.2, 0.25) is 0 Å². The standard InChI is InChI=1S/C21H13FN2O3S/c22-16-10-8-14(9-11-16)13-28(25,26)21-19(12-23)24-20(27-21)18-7-3-5-15-4-1-2-6-17(15)18/h1-11H,13H2. The molecule has 0 spiro atoms. The van der Waals surface area contributed by atoms with Crippen molar-refractivity contribution in [3.05, 3.63) is 83.8 Å². The predicted octanol–water partition coefficient (Wildman–Crippen LogP) is 4.48. The van der Waals surface area contributed by atoms with E-state index in [9.17, 15) is 18.1 Å². The number of halogens is 1. The molecule has 0 fully saturated rings. The van der Waals surface area contributed by atoms with E-state index in [-0.39, 0.29) is 11.6 Å². The normalized spacial score (nSPS) is 11.4. The molecule has 4 aromatic rings. The van der Waals surface area contributed by atoms with Crippen LogP contribution in [0.4, 0.5) is 4.39 Å². The molecule has 5 nitrogen and oxygen atoms in total. The first-order valence-electron chi connectivity index (χ1n) is 8.34. The molecule has 0 amide bonds. The zero-order valence-corrected chi connectivity index (χ0v) is 15.3. The first kappa shape index (κ1) is 17.9. The molecule has 28 heavy (non-hydrogen) atoms. The first-order chi connectivity index (χ1) is 13.5. The molecule has 0 aliphatic rings. The van der Waals surface area contributed by atoms with Crippen LogP contribution in [0.25, 0.3) is 22.2 Å². The summed E-state index contributed by atoms with van der Waals surface area (Å²) in [4.78, 5) is 4.10. The van der Waals surface area contributed by atoms with E-state index >= 15 is 0 Å². The largest absolute Gasteiger partial charge is 0.423 e. The van der Waals surface area contributed by atoms with Crippen molar-refractivity contribution in [2.24, 2.45) is 0 Å². The third kappa shape index (κ3) is 3.26. The molecule has 138 valence electrons. The zero-order chi connectivity index (χ0) is 19.7. The van der Waals surface area contributed by atoms with Crippen LogP contribution in [0.5, 0.6) is 0 Å². The average molecular weight is 392 g/mol. The highest BCUT2D eigenvalue weighted by Crippen LogP contribution is 2.31. The average Bonchev–Trinajstić information content (AvgIpc) is 3.14. The third-order valence-corrected chi connectivity index (χ3v) is 5.83.